The minimum Gasteiger partial charge on any atom is -0.482 e. The van der Waals surface area contributed by atoms with Crippen molar-refractivity contribution in [2.24, 2.45) is 0 Å². The van der Waals surface area contributed by atoms with Gasteiger partial charge in [-0.2, -0.15) is 0 Å². The Hall–Kier alpha value is -2.12. The van der Waals surface area contributed by atoms with Crippen molar-refractivity contribution in [1.29, 1.82) is 0 Å². The number of rotatable bonds is 9. The van der Waals surface area contributed by atoms with Gasteiger partial charge in [0.25, 0.3) is 5.91 Å². The molecule has 5 nitrogen and oxygen atoms in total. The largest absolute Gasteiger partial charge is 0.482 e. The summed E-state index contributed by atoms with van der Waals surface area (Å²) in [5, 5.41) is 3.25. The molecule has 2 aromatic carbocycles. The van der Waals surface area contributed by atoms with E-state index < -0.39 is 6.04 Å². The zero-order chi connectivity index (χ0) is 22.3. The van der Waals surface area contributed by atoms with E-state index in [9.17, 15) is 14.0 Å². The molecule has 0 aliphatic carbocycles. The second-order valence-corrected chi connectivity index (χ2v) is 8.33. The molecule has 0 bridgehead atoms. The summed E-state index contributed by atoms with van der Waals surface area (Å²) >= 11 is 9.46. The smallest absolute Gasteiger partial charge is 0.261 e. The Kier molecular flexibility index (Phi) is 9.11. The molecule has 0 unspecified atom stereocenters. The summed E-state index contributed by atoms with van der Waals surface area (Å²) < 4.78 is 19.6. The fourth-order valence-corrected chi connectivity index (χ4v) is 3.38. The van der Waals surface area contributed by atoms with Crippen molar-refractivity contribution in [2.75, 3.05) is 6.61 Å². The Morgan fingerprint density at radius 1 is 1.20 bits per heavy atom. The normalized spacial score (nSPS) is 12.7. The quantitative estimate of drug-likeness (QED) is 0.531. The molecule has 2 amide bonds. The molecule has 0 aromatic heterocycles. The van der Waals surface area contributed by atoms with Crippen LogP contribution in [0.15, 0.2) is 46.9 Å². The van der Waals surface area contributed by atoms with Gasteiger partial charge in [-0.25, -0.2) is 4.39 Å². The van der Waals surface area contributed by atoms with Crippen molar-refractivity contribution in [3.05, 3.63) is 63.3 Å². The third kappa shape index (κ3) is 6.99. The Morgan fingerprint density at radius 3 is 2.47 bits per heavy atom. The third-order valence-corrected chi connectivity index (χ3v) is 5.47. The molecule has 0 aliphatic heterocycles. The molecular weight excluding hydrogens is 475 g/mol. The van der Waals surface area contributed by atoms with Crippen molar-refractivity contribution in [1.82, 2.24) is 10.2 Å². The number of nitrogens with one attached hydrogen (secondary N) is 1. The first-order valence-corrected chi connectivity index (χ1v) is 10.8. The van der Waals surface area contributed by atoms with Gasteiger partial charge in [-0.3, -0.25) is 9.59 Å². The topological polar surface area (TPSA) is 58.6 Å². The van der Waals surface area contributed by atoms with E-state index in [-0.39, 0.29) is 36.8 Å². The standard InChI is InChI=1S/C22H25BrClFN2O3/c1-4-14(2)26-22(29)15(3)27(12-16-5-8-18(25)9-6-16)21(28)13-30-20-10-7-17(23)11-19(20)24/h5-11,14-15H,4,12-13H2,1-3H3,(H,26,29)/t14-,15+/m0/s1. The summed E-state index contributed by atoms with van der Waals surface area (Å²) in [7, 11) is 0. The lowest BCUT2D eigenvalue weighted by Gasteiger charge is -2.29. The average Bonchev–Trinajstić information content (AvgIpc) is 2.71. The van der Waals surface area contributed by atoms with Gasteiger partial charge in [0.15, 0.2) is 6.61 Å². The van der Waals surface area contributed by atoms with E-state index >= 15 is 0 Å². The number of carbonyl (C=O) groups is 2. The lowest BCUT2D eigenvalue weighted by Crippen LogP contribution is -2.50. The molecule has 0 saturated heterocycles. The maximum absolute atomic E-state index is 13.2. The van der Waals surface area contributed by atoms with Gasteiger partial charge in [0.05, 0.1) is 5.02 Å². The number of ether oxygens (including phenoxy) is 1. The summed E-state index contributed by atoms with van der Waals surface area (Å²) in [5.41, 5.74) is 0.703. The first-order valence-electron chi connectivity index (χ1n) is 9.63. The van der Waals surface area contributed by atoms with Gasteiger partial charge in [-0.05, 0) is 56.2 Å². The molecule has 1 N–H and O–H groups in total. The van der Waals surface area contributed by atoms with Crippen LogP contribution in [0.5, 0.6) is 5.75 Å². The zero-order valence-corrected chi connectivity index (χ0v) is 19.5. The highest BCUT2D eigenvalue weighted by molar-refractivity contribution is 9.10. The fraction of sp³-hybridized carbons (Fsp3) is 0.364. The molecule has 0 aliphatic rings. The van der Waals surface area contributed by atoms with E-state index in [1.54, 1.807) is 37.3 Å². The molecule has 30 heavy (non-hydrogen) atoms. The van der Waals surface area contributed by atoms with Crippen molar-refractivity contribution in [3.63, 3.8) is 0 Å². The number of benzene rings is 2. The highest BCUT2D eigenvalue weighted by Crippen LogP contribution is 2.27. The Balaban J connectivity index is 2.16. The Labute approximate surface area is 189 Å². The second kappa shape index (κ2) is 11.3. The summed E-state index contributed by atoms with van der Waals surface area (Å²) in [6.07, 6.45) is 0.773. The number of amides is 2. The predicted molar refractivity (Wildman–Crippen MR) is 119 cm³/mol. The fourth-order valence-electron chi connectivity index (χ4n) is 2.65. The Bertz CT molecular complexity index is 879. The first-order chi connectivity index (χ1) is 14.2. The maximum atomic E-state index is 13.2. The van der Waals surface area contributed by atoms with E-state index in [0.29, 0.717) is 16.3 Å². The van der Waals surface area contributed by atoms with Gasteiger partial charge in [-0.15, -0.1) is 0 Å². The molecule has 0 heterocycles. The minimum absolute atomic E-state index is 0.0134. The average molecular weight is 500 g/mol. The zero-order valence-electron chi connectivity index (χ0n) is 17.1. The number of nitrogens with zero attached hydrogens (tertiary/aromatic N) is 1. The van der Waals surface area contributed by atoms with Crippen LogP contribution in [0.25, 0.3) is 0 Å². The SMILES string of the molecule is CC[C@H](C)NC(=O)[C@@H](C)N(Cc1ccc(F)cc1)C(=O)COc1ccc(Br)cc1Cl. The molecular formula is C22H25BrClFN2O3. The van der Waals surface area contributed by atoms with Gasteiger partial charge in [0, 0.05) is 17.1 Å². The number of hydrogen-bond donors (Lipinski definition) is 1. The first kappa shape index (κ1) is 24.2. The van der Waals surface area contributed by atoms with Crippen LogP contribution in [0.1, 0.15) is 32.8 Å². The highest BCUT2D eigenvalue weighted by Gasteiger charge is 2.27. The van der Waals surface area contributed by atoms with Crippen LogP contribution in [-0.2, 0) is 16.1 Å². The van der Waals surface area contributed by atoms with E-state index in [1.807, 2.05) is 13.8 Å². The number of carbonyl (C=O) groups excluding carboxylic acids is 2. The van der Waals surface area contributed by atoms with Crippen molar-refractivity contribution in [3.8, 4) is 5.75 Å². The predicted octanol–water partition coefficient (Wildman–Crippen LogP) is 4.95. The molecule has 162 valence electrons. The van der Waals surface area contributed by atoms with E-state index in [1.165, 1.54) is 17.0 Å². The van der Waals surface area contributed by atoms with E-state index in [0.717, 1.165) is 10.9 Å². The summed E-state index contributed by atoms with van der Waals surface area (Å²) in [4.78, 5) is 27.0. The molecule has 8 heteroatoms. The Morgan fingerprint density at radius 2 is 1.87 bits per heavy atom. The van der Waals surface area contributed by atoms with Crippen LogP contribution < -0.4 is 10.1 Å². The molecule has 0 fully saturated rings. The molecule has 2 atom stereocenters. The van der Waals surface area contributed by atoms with Crippen LogP contribution >= 0.6 is 27.5 Å². The summed E-state index contributed by atoms with van der Waals surface area (Å²) in [6.45, 7) is 5.38. The van der Waals surface area contributed by atoms with E-state index in [4.69, 9.17) is 16.3 Å². The molecule has 0 spiro atoms. The van der Waals surface area contributed by atoms with Gasteiger partial charge in [-0.1, -0.05) is 46.6 Å². The van der Waals surface area contributed by atoms with Crippen LogP contribution in [0.3, 0.4) is 0 Å². The summed E-state index contributed by atoms with van der Waals surface area (Å²) in [6, 6.07) is 10.1. The maximum Gasteiger partial charge on any atom is 0.261 e. The van der Waals surface area contributed by atoms with Gasteiger partial charge in [0.1, 0.15) is 17.6 Å². The lowest BCUT2D eigenvalue weighted by molar-refractivity contribution is -0.142. The number of hydrogen-bond acceptors (Lipinski definition) is 3. The monoisotopic (exact) mass is 498 g/mol. The number of halogens is 3. The third-order valence-electron chi connectivity index (χ3n) is 4.68. The van der Waals surface area contributed by atoms with Crippen LogP contribution in [0, 0.1) is 5.82 Å². The molecule has 0 saturated carbocycles. The molecule has 2 aromatic rings. The van der Waals surface area contributed by atoms with Gasteiger partial charge >= 0.3 is 0 Å². The molecule has 0 radical (unpaired) electrons. The highest BCUT2D eigenvalue weighted by atomic mass is 79.9. The van der Waals surface area contributed by atoms with Gasteiger partial charge in [0.2, 0.25) is 5.91 Å². The minimum atomic E-state index is -0.736. The van der Waals surface area contributed by atoms with E-state index in [2.05, 4.69) is 21.2 Å². The second-order valence-electron chi connectivity index (χ2n) is 7.01. The van der Waals surface area contributed by atoms with Crippen molar-refractivity contribution >= 4 is 39.3 Å². The van der Waals surface area contributed by atoms with Crippen molar-refractivity contribution in [2.45, 2.75) is 45.8 Å². The van der Waals surface area contributed by atoms with Crippen LogP contribution in [0.4, 0.5) is 4.39 Å². The van der Waals surface area contributed by atoms with Crippen LogP contribution in [-0.4, -0.2) is 35.4 Å². The summed E-state index contributed by atoms with van der Waals surface area (Å²) in [5.74, 6) is -0.648. The van der Waals surface area contributed by atoms with Crippen molar-refractivity contribution < 1.29 is 18.7 Å². The van der Waals surface area contributed by atoms with Gasteiger partial charge < -0.3 is 15.0 Å². The lowest BCUT2D eigenvalue weighted by atomic mass is 10.1. The molecule has 2 rings (SSSR count). The van der Waals surface area contributed by atoms with Crippen LogP contribution in [0.2, 0.25) is 5.02 Å².